The molecule has 0 bridgehead atoms. The predicted molar refractivity (Wildman–Crippen MR) is 94.3 cm³/mol. The molecule has 0 aliphatic carbocycles. The van der Waals surface area contributed by atoms with Gasteiger partial charge in [0.2, 0.25) is 0 Å². The Hall–Kier alpha value is -2.40. The number of hydrogen-bond donors (Lipinski definition) is 1. The quantitative estimate of drug-likeness (QED) is 0.248. The summed E-state index contributed by atoms with van der Waals surface area (Å²) in [4.78, 5) is 10.2. The van der Waals surface area contributed by atoms with E-state index in [1.54, 1.807) is 12.1 Å². The van der Waals surface area contributed by atoms with Crippen LogP contribution in [0, 0.1) is 10.1 Å². The Morgan fingerprint density at radius 1 is 1.09 bits per heavy atom. The van der Waals surface area contributed by atoms with E-state index in [-0.39, 0.29) is 5.69 Å². The molecule has 0 radical (unpaired) electrons. The van der Waals surface area contributed by atoms with Gasteiger partial charge in [0.25, 0.3) is 5.69 Å². The van der Waals surface area contributed by atoms with Crippen molar-refractivity contribution in [2.45, 2.75) is 19.3 Å². The number of unbranched alkanes of at least 4 members (excludes halogenated alkanes) is 1. The number of halogens is 1. The molecule has 0 heterocycles. The molecule has 2 rings (SSSR count). The number of rotatable bonds is 8. The Balaban J connectivity index is 2.11. The molecular weight excluding hydrogens is 314 g/mol. The van der Waals surface area contributed by atoms with Crippen LogP contribution >= 0.6 is 11.6 Å². The van der Waals surface area contributed by atoms with Gasteiger partial charge in [-0.15, -0.1) is 11.6 Å². The van der Waals surface area contributed by atoms with Crippen molar-refractivity contribution in [3.8, 4) is 0 Å². The van der Waals surface area contributed by atoms with Crippen LogP contribution in [0.3, 0.4) is 0 Å². The molecule has 0 amide bonds. The molecule has 0 unspecified atom stereocenters. The maximum Gasteiger partial charge on any atom is 0.269 e. The largest absolute Gasteiger partial charge is 0.278 e. The van der Waals surface area contributed by atoms with E-state index in [1.165, 1.54) is 12.1 Å². The number of hydrogen-bond acceptors (Lipinski definition) is 4. The molecule has 120 valence electrons. The van der Waals surface area contributed by atoms with Gasteiger partial charge in [0.05, 0.1) is 16.3 Å². The van der Waals surface area contributed by atoms with Crippen LogP contribution in [0.1, 0.15) is 24.8 Å². The summed E-state index contributed by atoms with van der Waals surface area (Å²) in [6, 6.07) is 16.1. The molecular formula is C17H18ClN3O2. The Morgan fingerprint density at radius 3 is 2.39 bits per heavy atom. The Kier molecular flexibility index (Phi) is 6.56. The minimum absolute atomic E-state index is 0.0601. The minimum Gasteiger partial charge on any atom is -0.278 e. The van der Waals surface area contributed by atoms with E-state index in [0.717, 1.165) is 30.5 Å². The van der Waals surface area contributed by atoms with Crippen molar-refractivity contribution in [2.24, 2.45) is 5.10 Å². The zero-order chi connectivity index (χ0) is 16.5. The number of hydrazone groups is 1. The van der Waals surface area contributed by atoms with Crippen LogP contribution in [0.25, 0.3) is 0 Å². The molecule has 0 spiro atoms. The fourth-order valence-corrected chi connectivity index (χ4v) is 2.26. The fourth-order valence-electron chi connectivity index (χ4n) is 2.07. The number of nitro groups is 1. The van der Waals surface area contributed by atoms with E-state index in [1.807, 2.05) is 30.3 Å². The number of anilines is 1. The van der Waals surface area contributed by atoms with E-state index in [9.17, 15) is 10.1 Å². The van der Waals surface area contributed by atoms with Crippen molar-refractivity contribution in [1.82, 2.24) is 0 Å². The molecule has 5 nitrogen and oxygen atoms in total. The second-order valence-corrected chi connectivity index (χ2v) is 5.36. The van der Waals surface area contributed by atoms with Gasteiger partial charge in [-0.2, -0.15) is 5.10 Å². The SMILES string of the molecule is O=[N+]([O-])c1ccc(N/N=C(\CCCCCl)c2ccccc2)cc1. The second kappa shape index (κ2) is 8.90. The highest BCUT2D eigenvalue weighted by atomic mass is 35.5. The molecule has 1 N–H and O–H groups in total. The van der Waals surface area contributed by atoms with Crippen LogP contribution in [-0.2, 0) is 0 Å². The van der Waals surface area contributed by atoms with Crippen molar-refractivity contribution in [3.63, 3.8) is 0 Å². The summed E-state index contributed by atoms with van der Waals surface area (Å²) < 4.78 is 0. The Morgan fingerprint density at radius 2 is 1.78 bits per heavy atom. The number of non-ortho nitro benzene ring substituents is 1. The number of alkyl halides is 1. The van der Waals surface area contributed by atoms with Gasteiger partial charge in [0.15, 0.2) is 0 Å². The summed E-state index contributed by atoms with van der Waals surface area (Å²) in [7, 11) is 0. The molecule has 6 heteroatoms. The standard InChI is InChI=1S/C17H18ClN3O2/c18-13-5-4-8-17(14-6-2-1-3-7-14)20-19-15-9-11-16(12-10-15)21(22)23/h1-3,6-7,9-12,19H,4-5,8,13H2/b20-17+. The first-order valence-electron chi connectivity index (χ1n) is 7.39. The van der Waals surface area contributed by atoms with Crippen molar-refractivity contribution >= 4 is 28.7 Å². The molecule has 0 atom stereocenters. The molecule has 0 aliphatic heterocycles. The lowest BCUT2D eigenvalue weighted by atomic mass is 10.1. The lowest BCUT2D eigenvalue weighted by Gasteiger charge is -2.08. The summed E-state index contributed by atoms with van der Waals surface area (Å²) in [5, 5.41) is 15.1. The normalized spacial score (nSPS) is 11.3. The van der Waals surface area contributed by atoms with Gasteiger partial charge in [0.1, 0.15) is 0 Å². The zero-order valence-electron chi connectivity index (χ0n) is 12.6. The van der Waals surface area contributed by atoms with Crippen LogP contribution in [0.4, 0.5) is 11.4 Å². The maximum atomic E-state index is 10.7. The van der Waals surface area contributed by atoms with Crippen LogP contribution in [0.15, 0.2) is 59.7 Å². The van der Waals surface area contributed by atoms with Crippen molar-refractivity contribution in [3.05, 3.63) is 70.3 Å². The first-order chi connectivity index (χ1) is 11.2. The van der Waals surface area contributed by atoms with E-state index in [2.05, 4.69) is 10.5 Å². The van der Waals surface area contributed by atoms with Crippen molar-refractivity contribution in [1.29, 1.82) is 0 Å². The summed E-state index contributed by atoms with van der Waals surface area (Å²) >= 11 is 5.73. The fraction of sp³-hybridized carbons (Fsp3) is 0.235. The first kappa shape index (κ1) is 17.0. The number of nitrogens with one attached hydrogen (secondary N) is 1. The van der Waals surface area contributed by atoms with Crippen molar-refractivity contribution in [2.75, 3.05) is 11.3 Å². The summed E-state index contributed by atoms with van der Waals surface area (Å²) in [6.07, 6.45) is 2.71. The average Bonchev–Trinajstić information content (AvgIpc) is 2.59. The van der Waals surface area contributed by atoms with Gasteiger partial charge >= 0.3 is 0 Å². The molecule has 0 aliphatic rings. The second-order valence-electron chi connectivity index (χ2n) is 4.99. The highest BCUT2D eigenvalue weighted by Crippen LogP contribution is 2.16. The van der Waals surface area contributed by atoms with Crippen molar-refractivity contribution < 1.29 is 4.92 Å². The van der Waals surface area contributed by atoms with Gasteiger partial charge in [0, 0.05) is 18.0 Å². The molecule has 23 heavy (non-hydrogen) atoms. The van der Waals surface area contributed by atoms with Gasteiger partial charge < -0.3 is 0 Å². The van der Waals surface area contributed by atoms with E-state index < -0.39 is 4.92 Å². The minimum atomic E-state index is -0.422. The predicted octanol–water partition coefficient (Wildman–Crippen LogP) is 4.82. The summed E-state index contributed by atoms with van der Waals surface area (Å²) in [6.45, 7) is 0. The van der Waals surface area contributed by atoms with Crippen LogP contribution < -0.4 is 5.43 Å². The average molecular weight is 332 g/mol. The maximum absolute atomic E-state index is 10.7. The van der Waals surface area contributed by atoms with Gasteiger partial charge in [-0.3, -0.25) is 15.5 Å². The summed E-state index contributed by atoms with van der Waals surface area (Å²) in [5.74, 6) is 0.637. The molecule has 0 fully saturated rings. The molecule has 0 saturated carbocycles. The van der Waals surface area contributed by atoms with E-state index in [4.69, 9.17) is 11.6 Å². The third-order valence-corrected chi connectivity index (χ3v) is 3.57. The van der Waals surface area contributed by atoms with Gasteiger partial charge in [-0.05, 0) is 37.0 Å². The third-order valence-electron chi connectivity index (χ3n) is 3.30. The molecule has 2 aromatic rings. The van der Waals surface area contributed by atoms with Gasteiger partial charge in [-0.25, -0.2) is 0 Å². The number of nitrogens with zero attached hydrogens (tertiary/aromatic N) is 2. The van der Waals surface area contributed by atoms with Crippen LogP contribution in [-0.4, -0.2) is 16.5 Å². The number of nitro benzene ring substituents is 1. The number of benzene rings is 2. The molecule has 0 saturated heterocycles. The highest BCUT2D eigenvalue weighted by Gasteiger charge is 2.05. The highest BCUT2D eigenvalue weighted by molar-refractivity contribution is 6.17. The lowest BCUT2D eigenvalue weighted by molar-refractivity contribution is -0.384. The topological polar surface area (TPSA) is 67.5 Å². The monoisotopic (exact) mass is 331 g/mol. The smallest absolute Gasteiger partial charge is 0.269 e. The first-order valence-corrected chi connectivity index (χ1v) is 7.92. The molecule has 2 aromatic carbocycles. The van der Waals surface area contributed by atoms with Crippen LogP contribution in [0.5, 0.6) is 0 Å². The lowest BCUT2D eigenvalue weighted by Crippen LogP contribution is -2.05. The van der Waals surface area contributed by atoms with Gasteiger partial charge in [-0.1, -0.05) is 30.3 Å². The Labute approximate surface area is 140 Å². The Bertz CT molecular complexity index is 657. The van der Waals surface area contributed by atoms with E-state index in [0.29, 0.717) is 11.6 Å². The summed E-state index contributed by atoms with van der Waals surface area (Å²) in [5.41, 5.74) is 5.73. The van der Waals surface area contributed by atoms with Crippen LogP contribution in [0.2, 0.25) is 0 Å². The zero-order valence-corrected chi connectivity index (χ0v) is 13.4. The third kappa shape index (κ3) is 5.38. The van der Waals surface area contributed by atoms with E-state index >= 15 is 0 Å². The molecule has 0 aromatic heterocycles.